The summed E-state index contributed by atoms with van der Waals surface area (Å²) < 4.78 is 92.6. The van der Waals surface area contributed by atoms with Crippen molar-refractivity contribution in [3.8, 4) is 0 Å². The van der Waals surface area contributed by atoms with Gasteiger partial charge in [0.15, 0.2) is 0 Å². The maximum atomic E-state index is 14.4. The molecule has 0 aromatic heterocycles. The van der Waals surface area contributed by atoms with Gasteiger partial charge in [-0.15, -0.1) is 23.2 Å². The molecule has 0 saturated carbocycles. The van der Waals surface area contributed by atoms with Gasteiger partial charge in [-0.25, -0.2) is 17.2 Å². The monoisotopic (exact) mass is 469 g/mol. The molecule has 1 radical (unpaired) electrons. The second-order valence-corrected chi connectivity index (χ2v) is 9.77. The van der Waals surface area contributed by atoms with Crippen molar-refractivity contribution in [2.45, 2.75) is 21.7 Å². The van der Waals surface area contributed by atoms with Crippen LogP contribution in [0.5, 0.6) is 0 Å². The Bertz CT molecular complexity index is 1080. The van der Waals surface area contributed by atoms with Gasteiger partial charge in [0.1, 0.15) is 11.6 Å². The van der Waals surface area contributed by atoms with E-state index in [9.17, 15) is 30.4 Å². The summed E-state index contributed by atoms with van der Waals surface area (Å²) in [5.41, 5.74) is -6.25. The summed E-state index contributed by atoms with van der Waals surface area (Å²) in [5.74, 6) is -1.77. The Labute approximate surface area is 173 Å². The van der Waals surface area contributed by atoms with Crippen LogP contribution in [0.4, 0.5) is 22.0 Å². The van der Waals surface area contributed by atoms with Gasteiger partial charge in [-0.2, -0.15) is 13.2 Å². The molecule has 1 aliphatic carbocycles. The summed E-state index contributed by atoms with van der Waals surface area (Å²) in [6, 6.07) is 9.80. The number of hydrogen-bond acceptors (Lipinski definition) is 2. The van der Waals surface area contributed by atoms with Crippen LogP contribution in [0.25, 0.3) is 0 Å². The van der Waals surface area contributed by atoms with Crippen molar-refractivity contribution >= 4 is 33.0 Å². The van der Waals surface area contributed by atoms with Crippen molar-refractivity contribution in [3.63, 3.8) is 0 Å². The number of rotatable bonds is 3. The maximum Gasteiger partial charge on any atom is 0.501 e. The van der Waals surface area contributed by atoms with Gasteiger partial charge in [0.2, 0.25) is 0 Å². The molecule has 2 aromatic rings. The quantitative estimate of drug-likeness (QED) is 0.410. The lowest BCUT2D eigenvalue weighted by molar-refractivity contribution is -0.0428. The molecule has 0 heterocycles. The van der Waals surface area contributed by atoms with E-state index in [2.05, 4.69) is 0 Å². The third-order valence-corrected chi connectivity index (χ3v) is 6.93. The van der Waals surface area contributed by atoms with Crippen LogP contribution in [0.1, 0.15) is 17.5 Å². The molecule has 2 atom stereocenters. The van der Waals surface area contributed by atoms with E-state index >= 15 is 0 Å². The third kappa shape index (κ3) is 3.90. The summed E-state index contributed by atoms with van der Waals surface area (Å²) in [5, 5.41) is 0. The highest BCUT2D eigenvalue weighted by Gasteiger charge is 2.55. The van der Waals surface area contributed by atoms with Crippen molar-refractivity contribution in [3.05, 3.63) is 88.7 Å². The molecular formula is C19H12Cl2F5O2S. The third-order valence-electron chi connectivity index (χ3n) is 4.50. The fourth-order valence-corrected chi connectivity index (χ4v) is 5.38. The predicted molar refractivity (Wildman–Crippen MR) is 99.8 cm³/mol. The van der Waals surface area contributed by atoms with Gasteiger partial charge in [-0.3, -0.25) is 0 Å². The standard InChI is InChI=1S/C19H12Cl2F5O2S/c20-17(13-5-1-3-7-15(13)22)9-12(29(27,28)19(24,25)26)10-18(21,11-17)14-6-2-4-8-16(14)23/h1-9,11H,10H2. The summed E-state index contributed by atoms with van der Waals surface area (Å²) in [6.07, 6.45) is 0.715. The van der Waals surface area contributed by atoms with Crippen LogP contribution in [0.15, 0.2) is 59.5 Å². The van der Waals surface area contributed by atoms with Crippen LogP contribution in [0.2, 0.25) is 0 Å². The zero-order chi connectivity index (χ0) is 21.7. The molecule has 2 aromatic carbocycles. The largest absolute Gasteiger partial charge is 0.501 e. The Morgan fingerprint density at radius 1 is 0.862 bits per heavy atom. The lowest BCUT2D eigenvalue weighted by Crippen LogP contribution is -2.39. The predicted octanol–water partition coefficient (Wildman–Crippen LogP) is 5.96. The summed E-state index contributed by atoms with van der Waals surface area (Å²) in [7, 11) is -5.86. The average Bonchev–Trinajstić information content (AvgIpc) is 2.60. The minimum absolute atomic E-state index is 0.286. The molecule has 29 heavy (non-hydrogen) atoms. The first-order valence-corrected chi connectivity index (χ1v) is 10.3. The molecule has 155 valence electrons. The molecule has 0 spiro atoms. The molecule has 0 N–H and O–H groups in total. The van der Waals surface area contributed by atoms with E-state index in [1.54, 1.807) is 0 Å². The SMILES string of the molecule is O=S(=O)(C1=CC(Cl)(c2ccccc2F)[CH]C(Cl)(c2ccccc2F)C1)C(F)(F)F. The van der Waals surface area contributed by atoms with Crippen molar-refractivity contribution < 1.29 is 30.4 Å². The average molecular weight is 470 g/mol. The van der Waals surface area contributed by atoms with Crippen molar-refractivity contribution in [2.75, 3.05) is 0 Å². The van der Waals surface area contributed by atoms with E-state index in [4.69, 9.17) is 23.2 Å². The van der Waals surface area contributed by atoms with Crippen LogP contribution >= 0.6 is 23.2 Å². The Morgan fingerprint density at radius 2 is 1.34 bits per heavy atom. The normalized spacial score (nSPS) is 25.6. The first-order valence-electron chi connectivity index (χ1n) is 8.08. The molecule has 2 nitrogen and oxygen atoms in total. The highest BCUT2D eigenvalue weighted by Crippen LogP contribution is 2.55. The number of halogens is 7. The van der Waals surface area contributed by atoms with Gasteiger partial charge in [0.25, 0.3) is 9.84 Å². The van der Waals surface area contributed by atoms with E-state index < -0.39 is 48.1 Å². The first kappa shape index (κ1) is 22.1. The van der Waals surface area contributed by atoms with Gasteiger partial charge >= 0.3 is 5.51 Å². The number of alkyl halides is 5. The molecule has 3 rings (SSSR count). The molecule has 0 aliphatic heterocycles. The molecule has 2 unspecified atom stereocenters. The molecular weight excluding hydrogens is 458 g/mol. The van der Waals surface area contributed by atoms with Crippen LogP contribution in [-0.4, -0.2) is 13.9 Å². The van der Waals surface area contributed by atoms with Crippen LogP contribution in [0, 0.1) is 18.1 Å². The zero-order valence-corrected chi connectivity index (χ0v) is 16.7. The smallest absolute Gasteiger partial charge is 0.215 e. The van der Waals surface area contributed by atoms with E-state index in [1.807, 2.05) is 0 Å². The van der Waals surface area contributed by atoms with Gasteiger partial charge in [0.05, 0.1) is 14.7 Å². The van der Waals surface area contributed by atoms with Gasteiger partial charge in [0, 0.05) is 24.0 Å². The zero-order valence-electron chi connectivity index (χ0n) is 14.4. The van der Waals surface area contributed by atoms with Crippen molar-refractivity contribution in [1.82, 2.24) is 0 Å². The molecule has 0 saturated heterocycles. The summed E-state index contributed by atoms with van der Waals surface area (Å²) >= 11 is 12.9. The van der Waals surface area contributed by atoms with Crippen LogP contribution in [-0.2, 0) is 19.6 Å². The minimum Gasteiger partial charge on any atom is -0.215 e. The lowest BCUT2D eigenvalue weighted by Gasteiger charge is -2.40. The second kappa shape index (κ2) is 7.25. The Balaban J connectivity index is 2.28. The number of benzene rings is 2. The van der Waals surface area contributed by atoms with E-state index in [-0.39, 0.29) is 11.1 Å². The van der Waals surface area contributed by atoms with Crippen molar-refractivity contribution in [1.29, 1.82) is 0 Å². The van der Waals surface area contributed by atoms with Gasteiger partial charge in [-0.1, -0.05) is 36.4 Å². The first-order chi connectivity index (χ1) is 13.3. The van der Waals surface area contributed by atoms with E-state index in [1.165, 1.54) is 36.4 Å². The molecule has 0 fully saturated rings. The number of hydrogen-bond donors (Lipinski definition) is 0. The Morgan fingerprint density at radius 3 is 1.83 bits per heavy atom. The number of sulfone groups is 1. The fourth-order valence-electron chi connectivity index (χ4n) is 3.18. The minimum atomic E-state index is -5.86. The molecule has 0 bridgehead atoms. The summed E-state index contributed by atoms with van der Waals surface area (Å²) in [6.45, 7) is 0. The Hall–Kier alpha value is -1.64. The molecule has 0 amide bonds. The maximum absolute atomic E-state index is 14.4. The summed E-state index contributed by atoms with van der Waals surface area (Å²) in [4.78, 5) is -5.44. The molecule has 1 aliphatic rings. The van der Waals surface area contributed by atoms with Crippen LogP contribution in [0.3, 0.4) is 0 Å². The van der Waals surface area contributed by atoms with Crippen molar-refractivity contribution in [2.24, 2.45) is 0 Å². The Kier molecular flexibility index (Phi) is 5.51. The van der Waals surface area contributed by atoms with Crippen LogP contribution < -0.4 is 0 Å². The van der Waals surface area contributed by atoms with Gasteiger partial charge < -0.3 is 0 Å². The lowest BCUT2D eigenvalue weighted by atomic mass is 9.77. The van der Waals surface area contributed by atoms with E-state index in [0.29, 0.717) is 6.08 Å². The number of allylic oxidation sites excluding steroid dienone is 2. The van der Waals surface area contributed by atoms with E-state index in [0.717, 1.165) is 18.6 Å². The van der Waals surface area contributed by atoms with Gasteiger partial charge in [-0.05, 0) is 18.2 Å². The highest BCUT2D eigenvalue weighted by atomic mass is 35.5. The topological polar surface area (TPSA) is 34.1 Å². The molecule has 10 heteroatoms. The fraction of sp³-hybridized carbons (Fsp3) is 0.211. The highest BCUT2D eigenvalue weighted by molar-refractivity contribution is 7.96. The second-order valence-electron chi connectivity index (χ2n) is 6.47.